The summed E-state index contributed by atoms with van der Waals surface area (Å²) in [5, 5.41) is 4.01. The molecular weight excluding hydrogens is 228 g/mol. The highest BCUT2D eigenvalue weighted by Gasteiger charge is 2.15. The third-order valence-corrected chi connectivity index (χ3v) is 3.06. The summed E-state index contributed by atoms with van der Waals surface area (Å²) in [5.41, 5.74) is 2.69. The van der Waals surface area contributed by atoms with Crippen molar-refractivity contribution in [3.8, 4) is 5.75 Å². The van der Waals surface area contributed by atoms with Crippen LogP contribution in [0, 0.1) is 6.92 Å². The van der Waals surface area contributed by atoms with Crippen LogP contribution >= 0.6 is 0 Å². The van der Waals surface area contributed by atoms with Crippen molar-refractivity contribution >= 4 is 16.7 Å². The topological polar surface area (TPSA) is 54.1 Å². The molecule has 2 aromatic rings. The smallest absolute Gasteiger partial charge is 0.178 e. The fourth-order valence-electron chi connectivity index (χ4n) is 2.12. The first-order valence-electron chi connectivity index (χ1n) is 6.07. The van der Waals surface area contributed by atoms with Gasteiger partial charge in [-0.05, 0) is 25.1 Å². The van der Waals surface area contributed by atoms with Crippen LogP contribution in [-0.4, -0.2) is 31.0 Å². The number of ether oxygens (including phenoxy) is 1. The van der Waals surface area contributed by atoms with Gasteiger partial charge >= 0.3 is 0 Å². The van der Waals surface area contributed by atoms with Gasteiger partial charge in [-0.15, -0.1) is 0 Å². The second-order valence-corrected chi connectivity index (χ2v) is 4.24. The van der Waals surface area contributed by atoms with E-state index in [4.69, 9.17) is 4.74 Å². The van der Waals surface area contributed by atoms with Crippen LogP contribution in [0.1, 0.15) is 22.8 Å². The lowest BCUT2D eigenvalue weighted by molar-refractivity contribution is 0.0993. The van der Waals surface area contributed by atoms with E-state index in [2.05, 4.69) is 10.3 Å². The maximum absolute atomic E-state index is 12.1. The predicted octanol–water partition coefficient (Wildman–Crippen LogP) is 2.28. The number of likely N-dealkylation sites (N-methyl/N-ethyl adjacent to an activating group) is 1. The quantitative estimate of drug-likeness (QED) is 0.796. The minimum atomic E-state index is 0.0967. The predicted molar refractivity (Wildman–Crippen MR) is 72.5 cm³/mol. The number of H-pyrrole nitrogens is 1. The van der Waals surface area contributed by atoms with E-state index in [0.717, 1.165) is 34.3 Å². The molecule has 1 aromatic carbocycles. The molecule has 2 N–H and O–H groups in total. The van der Waals surface area contributed by atoms with Gasteiger partial charge in [0.05, 0.1) is 19.2 Å². The van der Waals surface area contributed by atoms with Gasteiger partial charge in [0.15, 0.2) is 5.78 Å². The van der Waals surface area contributed by atoms with Crippen LogP contribution < -0.4 is 10.1 Å². The lowest BCUT2D eigenvalue weighted by Gasteiger charge is -2.05. The van der Waals surface area contributed by atoms with E-state index >= 15 is 0 Å². The molecule has 96 valence electrons. The zero-order valence-corrected chi connectivity index (χ0v) is 11.0. The number of aryl methyl sites for hydroxylation is 1. The number of aromatic amines is 1. The molecule has 0 unspecified atom stereocenters. The highest BCUT2D eigenvalue weighted by atomic mass is 16.5. The second kappa shape index (κ2) is 5.23. The fourth-order valence-corrected chi connectivity index (χ4v) is 2.12. The zero-order chi connectivity index (χ0) is 13.1. The van der Waals surface area contributed by atoms with Crippen molar-refractivity contribution in [2.75, 3.05) is 20.2 Å². The highest BCUT2D eigenvalue weighted by molar-refractivity contribution is 6.10. The van der Waals surface area contributed by atoms with Crippen LogP contribution in [-0.2, 0) is 0 Å². The Labute approximate surface area is 106 Å². The number of aromatic nitrogens is 1. The van der Waals surface area contributed by atoms with Crippen LogP contribution in [0.4, 0.5) is 0 Å². The minimum Gasteiger partial charge on any atom is -0.495 e. The molecular formula is C14H18N2O2. The summed E-state index contributed by atoms with van der Waals surface area (Å²) in [6.07, 6.45) is 1.76. The summed E-state index contributed by atoms with van der Waals surface area (Å²) >= 11 is 0. The van der Waals surface area contributed by atoms with Crippen LogP contribution in [0.25, 0.3) is 10.9 Å². The van der Waals surface area contributed by atoms with Gasteiger partial charge in [0.1, 0.15) is 5.75 Å². The summed E-state index contributed by atoms with van der Waals surface area (Å²) in [5.74, 6) is 0.859. The Bertz CT molecular complexity index is 572. The summed E-state index contributed by atoms with van der Waals surface area (Å²) in [4.78, 5) is 15.2. The molecule has 0 fully saturated rings. The van der Waals surface area contributed by atoms with E-state index in [1.54, 1.807) is 13.3 Å². The Morgan fingerprint density at radius 1 is 1.44 bits per heavy atom. The first-order chi connectivity index (χ1) is 8.69. The molecule has 2 rings (SSSR count). The molecule has 0 amide bonds. The van der Waals surface area contributed by atoms with Gasteiger partial charge in [-0.1, -0.05) is 13.0 Å². The molecule has 0 radical (unpaired) electrons. The van der Waals surface area contributed by atoms with Crippen molar-refractivity contribution in [2.45, 2.75) is 13.8 Å². The Hall–Kier alpha value is -1.81. The lowest BCUT2D eigenvalue weighted by Crippen LogP contribution is -2.22. The first-order valence-corrected chi connectivity index (χ1v) is 6.07. The van der Waals surface area contributed by atoms with E-state index in [9.17, 15) is 4.79 Å². The Morgan fingerprint density at radius 3 is 2.89 bits per heavy atom. The molecule has 0 aliphatic rings. The second-order valence-electron chi connectivity index (χ2n) is 4.24. The van der Waals surface area contributed by atoms with Crippen molar-refractivity contribution in [1.29, 1.82) is 0 Å². The number of carbonyl (C=O) groups is 1. The van der Waals surface area contributed by atoms with E-state index in [1.165, 1.54) is 0 Å². The SMILES string of the molecule is CCNCC(=O)c1c[nH]c2c(OC)ccc(C)c12. The third kappa shape index (κ3) is 2.11. The maximum atomic E-state index is 12.1. The Balaban J connectivity index is 2.50. The Kier molecular flexibility index (Phi) is 3.67. The van der Waals surface area contributed by atoms with Crippen LogP contribution in [0.15, 0.2) is 18.3 Å². The Morgan fingerprint density at radius 2 is 2.22 bits per heavy atom. The molecule has 18 heavy (non-hydrogen) atoms. The monoisotopic (exact) mass is 246 g/mol. The average molecular weight is 246 g/mol. The number of methoxy groups -OCH3 is 1. The summed E-state index contributed by atoms with van der Waals surface area (Å²) in [7, 11) is 1.63. The molecule has 1 heterocycles. The molecule has 0 aliphatic carbocycles. The lowest BCUT2D eigenvalue weighted by atomic mass is 10.0. The van der Waals surface area contributed by atoms with E-state index in [0.29, 0.717) is 6.54 Å². The third-order valence-electron chi connectivity index (χ3n) is 3.06. The molecule has 0 saturated carbocycles. The zero-order valence-electron chi connectivity index (χ0n) is 11.0. The van der Waals surface area contributed by atoms with Gasteiger partial charge in [-0.3, -0.25) is 4.79 Å². The number of hydrogen-bond donors (Lipinski definition) is 2. The van der Waals surface area contributed by atoms with Gasteiger partial charge in [0, 0.05) is 17.1 Å². The standard InChI is InChI=1S/C14H18N2O2/c1-4-15-8-11(17)10-7-16-14-12(18-3)6-5-9(2)13(10)14/h5-7,15-16H,4,8H2,1-3H3. The van der Waals surface area contributed by atoms with E-state index in [1.807, 2.05) is 26.0 Å². The number of rotatable bonds is 5. The normalized spacial score (nSPS) is 10.8. The van der Waals surface area contributed by atoms with Crippen LogP contribution in [0.3, 0.4) is 0 Å². The largest absolute Gasteiger partial charge is 0.495 e. The van der Waals surface area contributed by atoms with Gasteiger partial charge in [0.2, 0.25) is 0 Å². The number of benzene rings is 1. The van der Waals surface area contributed by atoms with Gasteiger partial charge in [-0.2, -0.15) is 0 Å². The first kappa shape index (κ1) is 12.6. The minimum absolute atomic E-state index is 0.0967. The molecule has 0 bridgehead atoms. The van der Waals surface area contributed by atoms with Gasteiger partial charge in [-0.25, -0.2) is 0 Å². The summed E-state index contributed by atoms with van der Waals surface area (Å²) in [6.45, 7) is 5.13. The molecule has 1 aromatic heterocycles. The molecule has 4 nitrogen and oxygen atoms in total. The molecule has 0 aliphatic heterocycles. The average Bonchev–Trinajstić information content (AvgIpc) is 2.82. The van der Waals surface area contributed by atoms with E-state index in [-0.39, 0.29) is 5.78 Å². The van der Waals surface area contributed by atoms with Gasteiger partial charge < -0.3 is 15.0 Å². The molecule has 0 spiro atoms. The fraction of sp³-hybridized carbons (Fsp3) is 0.357. The summed E-state index contributed by atoms with van der Waals surface area (Å²) < 4.78 is 5.30. The van der Waals surface area contributed by atoms with Crippen molar-refractivity contribution in [3.63, 3.8) is 0 Å². The number of nitrogens with one attached hydrogen (secondary N) is 2. The maximum Gasteiger partial charge on any atom is 0.178 e. The van der Waals surface area contributed by atoms with E-state index < -0.39 is 0 Å². The number of ketones is 1. The van der Waals surface area contributed by atoms with Gasteiger partial charge in [0.25, 0.3) is 0 Å². The number of hydrogen-bond acceptors (Lipinski definition) is 3. The molecule has 4 heteroatoms. The number of fused-ring (bicyclic) bond motifs is 1. The van der Waals surface area contributed by atoms with Crippen molar-refractivity contribution in [1.82, 2.24) is 10.3 Å². The van der Waals surface area contributed by atoms with Crippen LogP contribution in [0.2, 0.25) is 0 Å². The summed E-state index contributed by atoms with van der Waals surface area (Å²) in [6, 6.07) is 3.88. The number of carbonyl (C=O) groups excluding carboxylic acids is 1. The van der Waals surface area contributed by atoms with Crippen LogP contribution in [0.5, 0.6) is 5.75 Å². The van der Waals surface area contributed by atoms with Crippen molar-refractivity contribution in [3.05, 3.63) is 29.5 Å². The van der Waals surface area contributed by atoms with Crippen molar-refractivity contribution < 1.29 is 9.53 Å². The molecule has 0 atom stereocenters. The van der Waals surface area contributed by atoms with Crippen molar-refractivity contribution in [2.24, 2.45) is 0 Å². The number of Topliss-reactive ketones (excluding diaryl/α,β-unsaturated/α-hetero) is 1. The highest BCUT2D eigenvalue weighted by Crippen LogP contribution is 2.30. The molecule has 0 saturated heterocycles.